The third kappa shape index (κ3) is 2.07. The maximum atomic E-state index is 4.93. The molecule has 1 aromatic heterocycles. The fraction of sp³-hybridized carbons (Fsp3) is 0.211. The van der Waals surface area contributed by atoms with E-state index < -0.39 is 0 Å². The molecule has 21 heavy (non-hydrogen) atoms. The smallest absolute Gasteiger partial charge is 0.137 e. The summed E-state index contributed by atoms with van der Waals surface area (Å²) >= 11 is 0. The molecule has 0 N–H and O–H groups in total. The molecular weight excluding hydrogens is 256 g/mol. The number of nitrogens with zero attached hydrogens (tertiary/aromatic N) is 2. The van der Waals surface area contributed by atoms with Crippen LogP contribution in [0.25, 0.3) is 10.9 Å². The molecule has 0 spiro atoms. The van der Waals surface area contributed by atoms with Crippen molar-refractivity contribution < 1.29 is 0 Å². The molecule has 2 aromatic carbocycles. The highest BCUT2D eigenvalue weighted by atomic mass is 15.2. The number of aryl methyl sites for hydroxylation is 2. The van der Waals surface area contributed by atoms with Crippen LogP contribution in [0.15, 0.2) is 48.5 Å². The van der Waals surface area contributed by atoms with Crippen LogP contribution in [0.5, 0.6) is 0 Å². The average molecular weight is 274 g/mol. The Bertz CT molecular complexity index is 836. The van der Waals surface area contributed by atoms with E-state index in [1.807, 2.05) is 0 Å². The Morgan fingerprint density at radius 1 is 0.952 bits per heavy atom. The largest absolute Gasteiger partial charge is 0.326 e. The first-order valence-corrected chi connectivity index (χ1v) is 7.45. The van der Waals surface area contributed by atoms with Gasteiger partial charge in [0.25, 0.3) is 0 Å². The van der Waals surface area contributed by atoms with Crippen molar-refractivity contribution in [2.75, 3.05) is 11.4 Å². The molecule has 2 nitrogen and oxygen atoms in total. The Morgan fingerprint density at radius 2 is 1.81 bits per heavy atom. The van der Waals surface area contributed by atoms with Crippen LogP contribution >= 0.6 is 0 Å². The van der Waals surface area contributed by atoms with Crippen LogP contribution in [0.4, 0.5) is 11.5 Å². The van der Waals surface area contributed by atoms with Crippen molar-refractivity contribution in [3.05, 3.63) is 65.2 Å². The lowest BCUT2D eigenvalue weighted by Gasteiger charge is -2.19. The van der Waals surface area contributed by atoms with Gasteiger partial charge >= 0.3 is 0 Å². The van der Waals surface area contributed by atoms with Gasteiger partial charge < -0.3 is 4.90 Å². The van der Waals surface area contributed by atoms with Gasteiger partial charge in [-0.25, -0.2) is 4.98 Å². The molecule has 1 aliphatic rings. The standard InChI is InChI=1S/C19H18N2/c1-13-4-3-5-17(10-13)21-9-8-16-12-15-7-6-14(2)11-18(15)20-19(16)21/h3-7,10-12H,8-9H2,1-2H3. The van der Waals surface area contributed by atoms with Crippen molar-refractivity contribution in [2.24, 2.45) is 0 Å². The maximum Gasteiger partial charge on any atom is 0.137 e. The SMILES string of the molecule is Cc1cccc(N2CCc3cc4ccc(C)cc4nc32)c1. The third-order valence-corrected chi connectivity index (χ3v) is 4.20. The summed E-state index contributed by atoms with van der Waals surface area (Å²) in [6.45, 7) is 5.27. The number of rotatable bonds is 1. The summed E-state index contributed by atoms with van der Waals surface area (Å²) in [5.74, 6) is 1.12. The topological polar surface area (TPSA) is 16.1 Å². The lowest BCUT2D eigenvalue weighted by Crippen LogP contribution is -2.14. The summed E-state index contributed by atoms with van der Waals surface area (Å²) in [6, 6.07) is 17.5. The fourth-order valence-electron chi connectivity index (χ4n) is 3.11. The average Bonchev–Trinajstić information content (AvgIpc) is 2.87. The van der Waals surface area contributed by atoms with Gasteiger partial charge in [0.05, 0.1) is 5.52 Å². The van der Waals surface area contributed by atoms with Gasteiger partial charge in [0.2, 0.25) is 0 Å². The Hall–Kier alpha value is -2.35. The van der Waals surface area contributed by atoms with Crippen LogP contribution in [0, 0.1) is 13.8 Å². The Kier molecular flexibility index (Phi) is 2.71. The molecule has 0 saturated heterocycles. The lowest BCUT2D eigenvalue weighted by atomic mass is 10.1. The van der Waals surface area contributed by atoms with E-state index in [1.165, 1.54) is 27.8 Å². The Balaban J connectivity index is 1.87. The molecule has 0 radical (unpaired) electrons. The maximum absolute atomic E-state index is 4.93. The number of anilines is 2. The van der Waals surface area contributed by atoms with E-state index in [1.54, 1.807) is 0 Å². The lowest BCUT2D eigenvalue weighted by molar-refractivity contribution is 0.990. The van der Waals surface area contributed by atoms with E-state index in [4.69, 9.17) is 4.98 Å². The summed E-state index contributed by atoms with van der Waals surface area (Å²) in [4.78, 5) is 7.27. The highest BCUT2D eigenvalue weighted by Gasteiger charge is 2.22. The van der Waals surface area contributed by atoms with Crippen LogP contribution in [0.2, 0.25) is 0 Å². The molecule has 3 aromatic rings. The van der Waals surface area contributed by atoms with Crippen LogP contribution < -0.4 is 4.90 Å². The van der Waals surface area contributed by atoms with E-state index in [0.717, 1.165) is 24.3 Å². The first-order chi connectivity index (χ1) is 10.2. The molecule has 0 atom stereocenters. The number of benzene rings is 2. The highest BCUT2D eigenvalue weighted by molar-refractivity contribution is 5.84. The Morgan fingerprint density at radius 3 is 2.67 bits per heavy atom. The van der Waals surface area contributed by atoms with Crippen molar-refractivity contribution in [2.45, 2.75) is 20.3 Å². The monoisotopic (exact) mass is 274 g/mol. The number of aromatic nitrogens is 1. The number of fused-ring (bicyclic) bond motifs is 2. The molecule has 0 bridgehead atoms. The van der Waals surface area contributed by atoms with Crippen LogP contribution in [0.3, 0.4) is 0 Å². The molecule has 0 saturated carbocycles. The Labute approximate surface area is 125 Å². The van der Waals surface area contributed by atoms with E-state index in [2.05, 4.69) is 67.3 Å². The molecule has 4 rings (SSSR count). The zero-order valence-electron chi connectivity index (χ0n) is 12.4. The molecule has 0 unspecified atom stereocenters. The van der Waals surface area contributed by atoms with Crippen molar-refractivity contribution >= 4 is 22.4 Å². The quantitative estimate of drug-likeness (QED) is 0.647. The van der Waals surface area contributed by atoms with Crippen LogP contribution in [-0.2, 0) is 6.42 Å². The van der Waals surface area contributed by atoms with Gasteiger partial charge in [-0.2, -0.15) is 0 Å². The predicted octanol–water partition coefficient (Wildman–Crippen LogP) is 4.55. The van der Waals surface area contributed by atoms with Gasteiger partial charge in [-0.1, -0.05) is 24.3 Å². The van der Waals surface area contributed by atoms with Gasteiger partial charge in [0.15, 0.2) is 0 Å². The van der Waals surface area contributed by atoms with Gasteiger partial charge in [-0.05, 0) is 61.2 Å². The first-order valence-electron chi connectivity index (χ1n) is 7.45. The van der Waals surface area contributed by atoms with Crippen molar-refractivity contribution in [3.63, 3.8) is 0 Å². The van der Waals surface area contributed by atoms with Gasteiger partial charge in [-0.3, -0.25) is 0 Å². The van der Waals surface area contributed by atoms with Crippen molar-refractivity contribution in [3.8, 4) is 0 Å². The van der Waals surface area contributed by atoms with Gasteiger partial charge in [0, 0.05) is 17.6 Å². The highest BCUT2D eigenvalue weighted by Crippen LogP contribution is 2.35. The van der Waals surface area contributed by atoms with Gasteiger partial charge in [0.1, 0.15) is 5.82 Å². The second-order valence-corrected chi connectivity index (χ2v) is 5.91. The molecular formula is C19H18N2. The molecule has 0 amide bonds. The number of hydrogen-bond donors (Lipinski definition) is 0. The summed E-state index contributed by atoms with van der Waals surface area (Å²) < 4.78 is 0. The predicted molar refractivity (Wildman–Crippen MR) is 88.4 cm³/mol. The summed E-state index contributed by atoms with van der Waals surface area (Å²) in [5.41, 5.74) is 6.24. The summed E-state index contributed by atoms with van der Waals surface area (Å²) in [5, 5.41) is 1.24. The van der Waals surface area contributed by atoms with Crippen molar-refractivity contribution in [1.29, 1.82) is 0 Å². The second kappa shape index (κ2) is 4.59. The van der Waals surface area contributed by atoms with E-state index in [9.17, 15) is 0 Å². The van der Waals surface area contributed by atoms with E-state index >= 15 is 0 Å². The normalized spacial score (nSPS) is 13.7. The number of pyridine rings is 1. The minimum atomic E-state index is 1.01. The van der Waals surface area contributed by atoms with E-state index in [-0.39, 0.29) is 0 Å². The molecule has 0 aliphatic carbocycles. The molecule has 0 fully saturated rings. The third-order valence-electron chi connectivity index (χ3n) is 4.20. The fourth-order valence-corrected chi connectivity index (χ4v) is 3.11. The van der Waals surface area contributed by atoms with Crippen LogP contribution in [-0.4, -0.2) is 11.5 Å². The summed E-state index contributed by atoms with van der Waals surface area (Å²) in [6.07, 6.45) is 1.07. The first kappa shape index (κ1) is 12.4. The van der Waals surface area contributed by atoms with E-state index in [0.29, 0.717) is 0 Å². The summed E-state index contributed by atoms with van der Waals surface area (Å²) in [7, 11) is 0. The molecule has 2 heteroatoms. The zero-order valence-corrected chi connectivity index (χ0v) is 12.4. The zero-order chi connectivity index (χ0) is 14.4. The second-order valence-electron chi connectivity index (χ2n) is 5.91. The minimum Gasteiger partial charge on any atom is -0.326 e. The van der Waals surface area contributed by atoms with Gasteiger partial charge in [-0.15, -0.1) is 0 Å². The molecule has 1 aliphatic heterocycles. The van der Waals surface area contributed by atoms with Crippen molar-refractivity contribution in [1.82, 2.24) is 4.98 Å². The minimum absolute atomic E-state index is 1.01. The number of hydrogen-bond acceptors (Lipinski definition) is 2. The molecule has 104 valence electrons. The van der Waals surface area contributed by atoms with Crippen LogP contribution in [0.1, 0.15) is 16.7 Å². The molecule has 2 heterocycles.